The first-order valence-electron chi connectivity index (χ1n) is 5.47. The molecule has 1 rings (SSSR count). The van der Waals surface area contributed by atoms with E-state index in [2.05, 4.69) is 16.9 Å². The number of hydrogen-bond acceptors (Lipinski definition) is 4. The van der Waals surface area contributed by atoms with Gasteiger partial charge >= 0.3 is 0 Å². The number of anilines is 1. The second-order valence-corrected chi connectivity index (χ2v) is 3.55. The van der Waals surface area contributed by atoms with Crippen LogP contribution in [0.1, 0.15) is 38.3 Å². The highest BCUT2D eigenvalue weighted by Gasteiger charge is 1.95. The zero-order valence-electron chi connectivity index (χ0n) is 9.28. The van der Waals surface area contributed by atoms with E-state index in [9.17, 15) is 0 Å². The van der Waals surface area contributed by atoms with Crippen molar-refractivity contribution in [2.24, 2.45) is 0 Å². The van der Waals surface area contributed by atoms with E-state index in [1.165, 1.54) is 19.3 Å². The van der Waals surface area contributed by atoms with E-state index < -0.39 is 0 Å². The van der Waals surface area contributed by atoms with Gasteiger partial charge in [-0.25, -0.2) is 4.98 Å². The molecular formula is C11H19N3O. The lowest BCUT2D eigenvalue weighted by Crippen LogP contribution is -2.00. The summed E-state index contributed by atoms with van der Waals surface area (Å²) in [5, 5.41) is 0. The Kier molecular flexibility index (Phi) is 5.70. The average molecular weight is 209 g/mol. The highest BCUT2D eigenvalue weighted by atomic mass is 16.5. The summed E-state index contributed by atoms with van der Waals surface area (Å²) in [6.07, 6.45) is 8.10. The van der Waals surface area contributed by atoms with Gasteiger partial charge < -0.3 is 10.5 Å². The van der Waals surface area contributed by atoms with Crippen molar-refractivity contribution in [3.05, 3.63) is 18.1 Å². The molecule has 15 heavy (non-hydrogen) atoms. The van der Waals surface area contributed by atoms with E-state index >= 15 is 0 Å². The lowest BCUT2D eigenvalue weighted by Gasteiger charge is -2.03. The van der Waals surface area contributed by atoms with E-state index in [4.69, 9.17) is 10.5 Å². The van der Waals surface area contributed by atoms with Crippen LogP contribution >= 0.6 is 0 Å². The molecule has 4 heteroatoms. The maximum Gasteiger partial charge on any atom is 0.141 e. The summed E-state index contributed by atoms with van der Waals surface area (Å²) in [6.45, 7) is 3.52. The molecule has 0 fully saturated rings. The quantitative estimate of drug-likeness (QED) is 0.699. The van der Waals surface area contributed by atoms with Crippen molar-refractivity contribution in [2.45, 2.75) is 39.2 Å². The fraction of sp³-hybridized carbons (Fsp3) is 0.636. The predicted molar refractivity (Wildman–Crippen MR) is 60.2 cm³/mol. The fourth-order valence-electron chi connectivity index (χ4n) is 1.25. The lowest BCUT2D eigenvalue weighted by atomic mass is 10.2. The molecule has 0 unspecified atom stereocenters. The van der Waals surface area contributed by atoms with Crippen LogP contribution < -0.4 is 5.73 Å². The molecule has 2 N–H and O–H groups in total. The third-order valence-corrected chi connectivity index (χ3v) is 2.12. The molecule has 1 aromatic heterocycles. The van der Waals surface area contributed by atoms with Gasteiger partial charge in [-0.1, -0.05) is 26.2 Å². The minimum atomic E-state index is 0.446. The van der Waals surface area contributed by atoms with E-state index in [0.29, 0.717) is 12.4 Å². The molecule has 0 aliphatic carbocycles. The molecular weight excluding hydrogens is 190 g/mol. The molecule has 4 nitrogen and oxygen atoms in total. The molecule has 0 atom stereocenters. The largest absolute Gasteiger partial charge is 0.382 e. The average Bonchev–Trinajstić information content (AvgIpc) is 2.26. The van der Waals surface area contributed by atoms with E-state index in [-0.39, 0.29) is 0 Å². The number of aromatic nitrogens is 2. The first kappa shape index (κ1) is 11.9. The van der Waals surface area contributed by atoms with Gasteiger partial charge in [0.1, 0.15) is 5.82 Å². The monoisotopic (exact) mass is 209 g/mol. The third-order valence-electron chi connectivity index (χ3n) is 2.12. The van der Waals surface area contributed by atoms with Crippen LogP contribution in [0.2, 0.25) is 0 Å². The van der Waals surface area contributed by atoms with Crippen molar-refractivity contribution >= 4 is 5.82 Å². The van der Waals surface area contributed by atoms with Gasteiger partial charge in [0.2, 0.25) is 0 Å². The number of nitrogen functional groups attached to an aromatic ring is 1. The minimum Gasteiger partial charge on any atom is -0.382 e. The van der Waals surface area contributed by atoms with Gasteiger partial charge in [-0.2, -0.15) is 0 Å². The topological polar surface area (TPSA) is 61.0 Å². The van der Waals surface area contributed by atoms with Crippen LogP contribution in [0.3, 0.4) is 0 Å². The Labute approximate surface area is 90.9 Å². The van der Waals surface area contributed by atoms with Gasteiger partial charge in [0.05, 0.1) is 24.7 Å². The Hall–Kier alpha value is -1.16. The van der Waals surface area contributed by atoms with Crippen molar-refractivity contribution in [1.29, 1.82) is 0 Å². The summed E-state index contributed by atoms with van der Waals surface area (Å²) in [5.74, 6) is 0.446. The summed E-state index contributed by atoms with van der Waals surface area (Å²) in [7, 11) is 0. The Morgan fingerprint density at radius 2 is 2.07 bits per heavy atom. The fourth-order valence-corrected chi connectivity index (χ4v) is 1.25. The normalized spacial score (nSPS) is 10.5. The van der Waals surface area contributed by atoms with Crippen LogP contribution in [0, 0.1) is 0 Å². The summed E-state index contributed by atoms with van der Waals surface area (Å²) >= 11 is 0. The molecule has 0 saturated heterocycles. The zero-order chi connectivity index (χ0) is 10.9. The third kappa shape index (κ3) is 5.32. The van der Waals surface area contributed by atoms with Crippen LogP contribution in [0.5, 0.6) is 0 Å². The standard InChI is InChI=1S/C11H19N3O/c1-2-3-4-5-6-15-9-10-7-14-11(12)8-13-10/h7-8H,2-6,9H2,1H3,(H2,12,14). The number of nitrogens with zero attached hydrogens (tertiary/aromatic N) is 2. The SMILES string of the molecule is CCCCCCOCc1cnc(N)cn1. The van der Waals surface area contributed by atoms with Crippen molar-refractivity contribution in [3.8, 4) is 0 Å². The number of nitrogens with two attached hydrogens (primary N) is 1. The molecule has 0 saturated carbocycles. The molecule has 1 heterocycles. The molecule has 0 aromatic carbocycles. The highest BCUT2D eigenvalue weighted by molar-refractivity contribution is 5.22. The molecule has 0 bridgehead atoms. The Balaban J connectivity index is 2.07. The Bertz CT molecular complexity index is 261. The predicted octanol–water partition coefficient (Wildman–Crippen LogP) is 2.16. The molecule has 0 aliphatic rings. The van der Waals surface area contributed by atoms with E-state index in [0.717, 1.165) is 18.7 Å². The summed E-state index contributed by atoms with van der Waals surface area (Å²) < 4.78 is 5.46. The Morgan fingerprint density at radius 3 is 2.73 bits per heavy atom. The first-order valence-corrected chi connectivity index (χ1v) is 5.47. The molecule has 0 amide bonds. The molecule has 0 spiro atoms. The smallest absolute Gasteiger partial charge is 0.141 e. The Morgan fingerprint density at radius 1 is 1.20 bits per heavy atom. The van der Waals surface area contributed by atoms with Crippen LogP contribution in [-0.2, 0) is 11.3 Å². The van der Waals surface area contributed by atoms with Crippen molar-refractivity contribution < 1.29 is 4.74 Å². The molecule has 0 aliphatic heterocycles. The van der Waals surface area contributed by atoms with Crippen molar-refractivity contribution in [1.82, 2.24) is 9.97 Å². The highest BCUT2D eigenvalue weighted by Crippen LogP contribution is 2.02. The number of ether oxygens (including phenoxy) is 1. The van der Waals surface area contributed by atoms with E-state index in [1.807, 2.05) is 0 Å². The number of rotatable bonds is 7. The minimum absolute atomic E-state index is 0.446. The summed E-state index contributed by atoms with van der Waals surface area (Å²) in [5.41, 5.74) is 6.25. The maximum absolute atomic E-state index is 5.46. The van der Waals surface area contributed by atoms with Gasteiger partial charge in [-0.05, 0) is 6.42 Å². The van der Waals surface area contributed by atoms with Gasteiger partial charge in [-0.15, -0.1) is 0 Å². The number of hydrogen-bond donors (Lipinski definition) is 1. The van der Waals surface area contributed by atoms with Crippen LogP contribution in [0.4, 0.5) is 5.82 Å². The van der Waals surface area contributed by atoms with Gasteiger partial charge in [0.15, 0.2) is 0 Å². The second kappa shape index (κ2) is 7.17. The van der Waals surface area contributed by atoms with Crippen LogP contribution in [0.25, 0.3) is 0 Å². The van der Waals surface area contributed by atoms with Crippen molar-refractivity contribution in [3.63, 3.8) is 0 Å². The van der Waals surface area contributed by atoms with Crippen LogP contribution in [0.15, 0.2) is 12.4 Å². The van der Waals surface area contributed by atoms with Gasteiger partial charge in [0.25, 0.3) is 0 Å². The van der Waals surface area contributed by atoms with Crippen LogP contribution in [-0.4, -0.2) is 16.6 Å². The second-order valence-electron chi connectivity index (χ2n) is 3.55. The molecule has 84 valence electrons. The van der Waals surface area contributed by atoms with Gasteiger partial charge in [-0.3, -0.25) is 4.98 Å². The molecule has 0 radical (unpaired) electrons. The van der Waals surface area contributed by atoms with Gasteiger partial charge in [0, 0.05) is 6.61 Å². The lowest BCUT2D eigenvalue weighted by molar-refractivity contribution is 0.114. The molecule has 1 aromatic rings. The number of unbranched alkanes of at least 4 members (excludes halogenated alkanes) is 3. The maximum atomic E-state index is 5.46. The zero-order valence-corrected chi connectivity index (χ0v) is 9.28. The summed E-state index contributed by atoms with van der Waals surface area (Å²) in [4.78, 5) is 8.04. The van der Waals surface area contributed by atoms with Crippen molar-refractivity contribution in [2.75, 3.05) is 12.3 Å². The van der Waals surface area contributed by atoms with E-state index in [1.54, 1.807) is 12.4 Å². The summed E-state index contributed by atoms with van der Waals surface area (Å²) in [6, 6.07) is 0. The first-order chi connectivity index (χ1) is 7.33.